The third kappa shape index (κ3) is 28.4. The summed E-state index contributed by atoms with van der Waals surface area (Å²) in [4.78, 5) is 12.6. The normalized spacial score (nSPS) is 9.19. The number of rotatable bonds is 2. The second-order valence-electron chi connectivity index (χ2n) is 13.3. The number of pyridine rings is 3. The predicted molar refractivity (Wildman–Crippen MR) is 236 cm³/mol. The number of aromatic nitrogens is 5. The van der Waals surface area contributed by atoms with Gasteiger partial charge in [-0.2, -0.15) is 24.3 Å². The van der Waals surface area contributed by atoms with E-state index in [4.69, 9.17) is 0 Å². The van der Waals surface area contributed by atoms with E-state index in [1.165, 1.54) is 10.9 Å². The van der Waals surface area contributed by atoms with Crippen molar-refractivity contribution in [1.29, 1.82) is 0 Å². The van der Waals surface area contributed by atoms with Crippen LogP contribution < -0.4 is 0 Å². The molecule has 0 aliphatic rings. The second-order valence-corrected chi connectivity index (χ2v) is 13.3. The Labute approximate surface area is 452 Å². The van der Waals surface area contributed by atoms with Gasteiger partial charge in [-0.05, 0) is 38.6 Å². The van der Waals surface area contributed by atoms with Crippen molar-refractivity contribution in [1.82, 2.24) is 24.1 Å². The van der Waals surface area contributed by atoms with Crippen LogP contribution in [-0.2, 0) is 142 Å². The number of benzene rings is 1. The number of fused-ring (bicyclic) bond motifs is 2. The Hall–Kier alpha value is 0.166. The summed E-state index contributed by atoms with van der Waals surface area (Å²) < 4.78 is 4.28. The summed E-state index contributed by atoms with van der Waals surface area (Å²) in [6.07, 6.45) is 13.5. The number of hydrogen-bond acceptors (Lipinski definition) is 3. The van der Waals surface area contributed by atoms with Gasteiger partial charge in [0.15, 0.2) is 0 Å². The molecule has 0 bridgehead atoms. The minimum atomic E-state index is 0. The molecule has 9 heteroatoms. The molecule has 0 saturated carbocycles. The van der Waals surface area contributed by atoms with Gasteiger partial charge in [0.1, 0.15) is 0 Å². The molecule has 0 amide bonds. The van der Waals surface area contributed by atoms with Gasteiger partial charge in [-0.15, -0.1) is 35.6 Å². The Morgan fingerprint density at radius 3 is 1.61 bits per heavy atom. The monoisotopic (exact) mass is 1080 g/mol. The van der Waals surface area contributed by atoms with Crippen LogP contribution in [0, 0.1) is 24.5 Å². The first-order chi connectivity index (χ1) is 24.8. The third-order valence-electron chi connectivity index (χ3n) is 6.90. The molecular weight excluding hydrogens is 1000 g/mol. The van der Waals surface area contributed by atoms with Gasteiger partial charge in [-0.3, -0.25) is 4.98 Å². The van der Waals surface area contributed by atoms with Gasteiger partial charge in [-0.25, -0.2) is 18.2 Å². The first-order valence-electron chi connectivity index (χ1n) is 19.3. The van der Waals surface area contributed by atoms with Crippen LogP contribution in [-0.4, -0.2) is 24.1 Å². The summed E-state index contributed by atoms with van der Waals surface area (Å²) in [5, 5.41) is 1.23. The van der Waals surface area contributed by atoms with Crippen LogP contribution in [0.4, 0.5) is 0 Å². The van der Waals surface area contributed by atoms with E-state index in [0.29, 0.717) is 12.1 Å². The van der Waals surface area contributed by atoms with Crippen molar-refractivity contribution in [2.45, 2.75) is 155 Å². The predicted octanol–water partition coefficient (Wildman–Crippen LogP) is 14.5. The fraction of sp³-hybridized carbons (Fsp3) is 0.479. The van der Waals surface area contributed by atoms with E-state index in [-0.39, 0.29) is 149 Å². The molecule has 0 atom stereocenters. The first-order valence-corrected chi connectivity index (χ1v) is 19.3. The quantitative estimate of drug-likeness (QED) is 0.162. The second kappa shape index (κ2) is 41.5. The molecule has 5 aromatic heterocycles. The molecule has 57 heavy (non-hydrogen) atoms. The summed E-state index contributed by atoms with van der Waals surface area (Å²) in [7, 11) is 0. The Bertz CT molecular complexity index is 1680. The minimum absolute atomic E-state index is 0. The third-order valence-corrected chi connectivity index (χ3v) is 6.90. The van der Waals surface area contributed by atoms with Gasteiger partial charge >= 0.3 is 0 Å². The molecule has 0 aliphatic carbocycles. The molecule has 5 nitrogen and oxygen atoms in total. The Kier molecular flexibility index (Phi) is 52.2. The van der Waals surface area contributed by atoms with Crippen molar-refractivity contribution >= 4 is 21.9 Å². The van der Waals surface area contributed by atoms with Crippen molar-refractivity contribution in [3.63, 3.8) is 0 Å². The van der Waals surface area contributed by atoms with Crippen LogP contribution in [0.25, 0.3) is 21.9 Å². The molecule has 0 aliphatic heterocycles. The van der Waals surface area contributed by atoms with Gasteiger partial charge < -0.3 is 19.1 Å². The minimum Gasteiger partial charge on any atom is -0.446 e. The standard InChI is InChI=1S/C13H14N.C10H11N2.C9H12N.C7H10N.4C2H6.CH4.4Y/c1-13(2,3)11-8-9-14-12-7-5-4-6-10(11)12;1-8(2)12-7-5-9-10(12)4-3-6-11-9;1-9(2,3)8-6-4-5-7-10-8;1-7(2)8-5-3-4-6-8;4*1-2;;;;;/h4-8H,1-3H3;3-4,6-8H,1-2H3;4-6H,1-3H3;3,5-7H,1-2H3;4*1-2H3;1H4;;;;/q4*-1;;;;;;;;;. The van der Waals surface area contributed by atoms with Crippen LogP contribution in [0.5, 0.6) is 0 Å². The smallest absolute Gasteiger partial charge is 0.0224 e. The number of para-hydroxylation sites is 1. The molecule has 0 saturated heterocycles. The number of nitrogens with zero attached hydrogens (tertiary/aromatic N) is 5. The van der Waals surface area contributed by atoms with Crippen LogP contribution in [0.2, 0.25) is 0 Å². The van der Waals surface area contributed by atoms with Gasteiger partial charge in [0.25, 0.3) is 0 Å². The molecule has 0 unspecified atom stereocenters. The fourth-order valence-electron chi connectivity index (χ4n) is 4.37. The molecule has 6 rings (SSSR count). The van der Waals surface area contributed by atoms with E-state index < -0.39 is 0 Å². The van der Waals surface area contributed by atoms with Gasteiger partial charge in [-0.1, -0.05) is 169 Å². The van der Waals surface area contributed by atoms with E-state index >= 15 is 0 Å². The molecule has 1 aromatic carbocycles. The van der Waals surface area contributed by atoms with Gasteiger partial charge in [0.05, 0.1) is 0 Å². The van der Waals surface area contributed by atoms with Crippen LogP contribution in [0.1, 0.15) is 155 Å². The van der Waals surface area contributed by atoms with Crippen LogP contribution in [0.15, 0.2) is 91.5 Å². The Balaban J connectivity index is -0.000000109. The summed E-state index contributed by atoms with van der Waals surface area (Å²) >= 11 is 0. The maximum Gasteiger partial charge on any atom is 0.0224 e. The summed E-state index contributed by atoms with van der Waals surface area (Å²) in [5.74, 6) is 0. The molecular formula is C48H75N5Y4-4. The SMILES string of the molecule is C.CC.CC.CC.CC.CC(C)(C)c1c[c-]nc2ccccc12.CC(C)(C)c1ccc[c-]n1.CC(C)n1c[c-]c2ncccc21.CC(C)n1c[c-]cc1.[Y].[Y].[Y].[Y]. The van der Waals surface area contributed by atoms with Crippen molar-refractivity contribution in [2.75, 3.05) is 0 Å². The number of hydrogen-bond donors (Lipinski definition) is 0. The zero-order valence-electron chi connectivity index (χ0n) is 38.4. The van der Waals surface area contributed by atoms with E-state index in [0.717, 1.165) is 22.2 Å². The zero-order chi connectivity index (χ0) is 40.3. The van der Waals surface area contributed by atoms with Gasteiger partial charge in [0, 0.05) is 149 Å². The Morgan fingerprint density at radius 1 is 0.614 bits per heavy atom. The topological polar surface area (TPSA) is 48.5 Å². The van der Waals surface area contributed by atoms with Crippen molar-refractivity contribution in [2.24, 2.45) is 0 Å². The average Bonchev–Trinajstić information content (AvgIpc) is 3.87. The molecule has 0 fully saturated rings. The van der Waals surface area contributed by atoms with E-state index in [1.807, 2.05) is 123 Å². The summed E-state index contributed by atoms with van der Waals surface area (Å²) in [6, 6.07) is 29.1. The zero-order valence-corrected chi connectivity index (χ0v) is 49.7. The Morgan fingerprint density at radius 2 is 1.19 bits per heavy atom. The molecule has 308 valence electrons. The van der Waals surface area contributed by atoms with Crippen LogP contribution in [0.3, 0.4) is 0 Å². The van der Waals surface area contributed by atoms with E-state index in [2.05, 4.69) is 136 Å². The maximum atomic E-state index is 4.23. The largest absolute Gasteiger partial charge is 0.446 e. The molecule has 5 heterocycles. The van der Waals surface area contributed by atoms with E-state index in [9.17, 15) is 0 Å². The maximum absolute atomic E-state index is 4.23. The summed E-state index contributed by atoms with van der Waals surface area (Å²) in [6.45, 7) is 37.7. The summed E-state index contributed by atoms with van der Waals surface area (Å²) in [5.41, 5.74) is 5.84. The average molecular weight is 1080 g/mol. The molecule has 6 aromatic rings. The molecule has 0 spiro atoms. The van der Waals surface area contributed by atoms with Gasteiger partial charge in [0.2, 0.25) is 0 Å². The van der Waals surface area contributed by atoms with Crippen molar-refractivity contribution < 1.29 is 131 Å². The molecule has 4 radical (unpaired) electrons. The van der Waals surface area contributed by atoms with Crippen LogP contribution >= 0.6 is 0 Å². The van der Waals surface area contributed by atoms with E-state index in [1.54, 1.807) is 6.20 Å². The molecule has 0 N–H and O–H groups in total. The van der Waals surface area contributed by atoms with Crippen molar-refractivity contribution in [3.8, 4) is 0 Å². The van der Waals surface area contributed by atoms with Crippen molar-refractivity contribution in [3.05, 3.63) is 127 Å². The fourth-order valence-corrected chi connectivity index (χ4v) is 4.37. The first kappa shape index (κ1) is 71.7.